The van der Waals surface area contributed by atoms with Gasteiger partial charge in [0.15, 0.2) is 0 Å². The lowest BCUT2D eigenvalue weighted by molar-refractivity contribution is -0.119. The second-order valence-corrected chi connectivity index (χ2v) is 3.54. The molecule has 15 heavy (non-hydrogen) atoms. The maximum absolute atomic E-state index is 10.8. The molecular weight excluding hydrogens is 190 g/mol. The van der Waals surface area contributed by atoms with E-state index in [-0.39, 0.29) is 5.91 Å². The highest BCUT2D eigenvalue weighted by Gasteiger charge is 2.09. The predicted octanol–water partition coefficient (Wildman–Crippen LogP) is 2.38. The summed E-state index contributed by atoms with van der Waals surface area (Å²) in [4.78, 5) is 10.8. The summed E-state index contributed by atoms with van der Waals surface area (Å²) in [7, 11) is 0. The van der Waals surface area contributed by atoms with E-state index in [1.807, 2.05) is 31.2 Å². The number of amides is 1. The third-order valence-corrected chi connectivity index (χ3v) is 2.41. The van der Waals surface area contributed by atoms with Crippen LogP contribution in [-0.2, 0) is 11.3 Å². The van der Waals surface area contributed by atoms with Crippen molar-refractivity contribution >= 4 is 16.9 Å². The summed E-state index contributed by atoms with van der Waals surface area (Å²) >= 11 is 0. The van der Waals surface area contributed by atoms with Gasteiger partial charge in [-0.15, -0.1) is 0 Å². The normalized spacial score (nSPS) is 10.5. The molecule has 1 aromatic carbocycles. The number of rotatable bonds is 2. The Morgan fingerprint density at radius 1 is 1.40 bits per heavy atom. The van der Waals surface area contributed by atoms with Crippen LogP contribution in [0.2, 0.25) is 0 Å². The fourth-order valence-corrected chi connectivity index (χ4v) is 1.65. The number of carbonyl (C=O) groups excluding carboxylic acids is 1. The van der Waals surface area contributed by atoms with Gasteiger partial charge in [-0.1, -0.05) is 18.2 Å². The Labute approximate surface area is 88.1 Å². The number of aryl methyl sites for hydroxylation is 1. The number of benzene rings is 1. The molecule has 2 rings (SSSR count). The molecule has 1 N–H and O–H groups in total. The lowest BCUT2D eigenvalue weighted by Gasteiger charge is -2.00. The summed E-state index contributed by atoms with van der Waals surface area (Å²) in [5.74, 6) is 0.838. The molecule has 0 saturated heterocycles. The molecule has 0 atom stereocenters. The number of carbonyl (C=O) groups is 1. The van der Waals surface area contributed by atoms with Crippen LogP contribution in [0, 0.1) is 6.92 Å². The zero-order valence-corrected chi connectivity index (χ0v) is 8.83. The average Bonchev–Trinajstić information content (AvgIpc) is 2.50. The van der Waals surface area contributed by atoms with E-state index >= 15 is 0 Å². The van der Waals surface area contributed by atoms with Gasteiger partial charge in [0.25, 0.3) is 0 Å². The molecule has 0 fully saturated rings. The van der Waals surface area contributed by atoms with Crippen LogP contribution in [0.5, 0.6) is 0 Å². The standard InChI is InChI=1S/C12H13NO2/c1-8-11(7-13-9(2)14)10-5-3-4-6-12(10)15-8/h3-6H,7H2,1-2H3,(H,13,14). The summed E-state index contributed by atoms with van der Waals surface area (Å²) in [6.45, 7) is 3.95. The SMILES string of the molecule is CC(=O)NCc1c(C)oc2ccccc12. The van der Waals surface area contributed by atoms with Crippen molar-refractivity contribution in [1.82, 2.24) is 5.32 Å². The van der Waals surface area contributed by atoms with E-state index < -0.39 is 0 Å². The van der Waals surface area contributed by atoms with Crippen LogP contribution in [-0.4, -0.2) is 5.91 Å². The zero-order valence-electron chi connectivity index (χ0n) is 8.83. The largest absolute Gasteiger partial charge is 0.461 e. The van der Waals surface area contributed by atoms with Crippen molar-refractivity contribution in [3.8, 4) is 0 Å². The van der Waals surface area contributed by atoms with Crippen LogP contribution in [0.25, 0.3) is 11.0 Å². The van der Waals surface area contributed by atoms with E-state index in [0.29, 0.717) is 6.54 Å². The first-order chi connectivity index (χ1) is 7.18. The molecule has 1 amide bonds. The molecular formula is C12H13NO2. The molecule has 0 aliphatic rings. The Morgan fingerprint density at radius 3 is 2.87 bits per heavy atom. The minimum atomic E-state index is -0.0281. The summed E-state index contributed by atoms with van der Waals surface area (Å²) in [5.41, 5.74) is 1.93. The summed E-state index contributed by atoms with van der Waals surface area (Å²) in [6, 6.07) is 7.84. The van der Waals surface area contributed by atoms with Gasteiger partial charge >= 0.3 is 0 Å². The van der Waals surface area contributed by atoms with Crippen molar-refractivity contribution in [3.63, 3.8) is 0 Å². The number of hydrogen-bond donors (Lipinski definition) is 1. The highest BCUT2D eigenvalue weighted by molar-refractivity contribution is 5.82. The maximum atomic E-state index is 10.8. The molecule has 78 valence electrons. The van der Waals surface area contributed by atoms with E-state index in [1.165, 1.54) is 6.92 Å². The van der Waals surface area contributed by atoms with Crippen molar-refractivity contribution in [2.45, 2.75) is 20.4 Å². The first-order valence-corrected chi connectivity index (χ1v) is 4.90. The van der Waals surface area contributed by atoms with E-state index in [2.05, 4.69) is 5.32 Å². The van der Waals surface area contributed by atoms with Gasteiger partial charge in [-0.05, 0) is 13.0 Å². The number of nitrogens with one attached hydrogen (secondary N) is 1. The predicted molar refractivity (Wildman–Crippen MR) is 58.5 cm³/mol. The van der Waals surface area contributed by atoms with E-state index in [1.54, 1.807) is 0 Å². The van der Waals surface area contributed by atoms with Crippen LogP contribution in [0.15, 0.2) is 28.7 Å². The molecule has 0 saturated carbocycles. The van der Waals surface area contributed by atoms with Gasteiger partial charge in [0.1, 0.15) is 11.3 Å². The first kappa shape index (κ1) is 9.77. The van der Waals surface area contributed by atoms with Crippen LogP contribution in [0.4, 0.5) is 0 Å². The van der Waals surface area contributed by atoms with Crippen LogP contribution < -0.4 is 5.32 Å². The van der Waals surface area contributed by atoms with Gasteiger partial charge in [0.2, 0.25) is 5.91 Å². The van der Waals surface area contributed by atoms with E-state index in [9.17, 15) is 4.79 Å². The van der Waals surface area contributed by atoms with Crippen LogP contribution in [0.1, 0.15) is 18.2 Å². The number of hydrogen-bond acceptors (Lipinski definition) is 2. The van der Waals surface area contributed by atoms with Crippen molar-refractivity contribution in [2.24, 2.45) is 0 Å². The van der Waals surface area contributed by atoms with Crippen molar-refractivity contribution in [3.05, 3.63) is 35.6 Å². The van der Waals surface area contributed by atoms with Gasteiger partial charge in [-0.25, -0.2) is 0 Å². The quantitative estimate of drug-likeness (QED) is 0.814. The van der Waals surface area contributed by atoms with Crippen LogP contribution in [0.3, 0.4) is 0 Å². The average molecular weight is 203 g/mol. The number of fused-ring (bicyclic) bond motifs is 1. The van der Waals surface area contributed by atoms with Crippen LogP contribution >= 0.6 is 0 Å². The Hall–Kier alpha value is -1.77. The minimum absolute atomic E-state index is 0.0281. The Bertz CT molecular complexity index is 499. The smallest absolute Gasteiger partial charge is 0.217 e. The highest BCUT2D eigenvalue weighted by Crippen LogP contribution is 2.24. The van der Waals surface area contributed by atoms with Gasteiger partial charge in [0.05, 0.1) is 0 Å². The van der Waals surface area contributed by atoms with Gasteiger partial charge < -0.3 is 9.73 Å². The third-order valence-electron chi connectivity index (χ3n) is 2.41. The molecule has 0 aliphatic heterocycles. The number of para-hydroxylation sites is 1. The van der Waals surface area contributed by atoms with Crippen molar-refractivity contribution in [1.29, 1.82) is 0 Å². The summed E-state index contributed by atoms with van der Waals surface area (Å²) < 4.78 is 5.58. The second kappa shape index (κ2) is 3.77. The molecule has 3 heteroatoms. The van der Waals surface area contributed by atoms with Crippen molar-refractivity contribution in [2.75, 3.05) is 0 Å². The molecule has 0 bridgehead atoms. The molecule has 0 unspecified atom stereocenters. The lowest BCUT2D eigenvalue weighted by atomic mass is 10.1. The van der Waals surface area contributed by atoms with E-state index in [4.69, 9.17) is 4.42 Å². The molecule has 2 aromatic rings. The molecule has 0 aliphatic carbocycles. The second-order valence-electron chi connectivity index (χ2n) is 3.54. The summed E-state index contributed by atoms with van der Waals surface area (Å²) in [5, 5.41) is 3.85. The Morgan fingerprint density at radius 2 is 2.13 bits per heavy atom. The van der Waals surface area contributed by atoms with Crippen molar-refractivity contribution < 1.29 is 9.21 Å². The summed E-state index contributed by atoms with van der Waals surface area (Å²) in [6.07, 6.45) is 0. The molecule has 1 aromatic heterocycles. The molecule has 1 heterocycles. The van der Waals surface area contributed by atoms with Gasteiger partial charge in [-0.2, -0.15) is 0 Å². The van der Waals surface area contributed by atoms with E-state index in [0.717, 1.165) is 22.3 Å². The Balaban J connectivity index is 2.40. The maximum Gasteiger partial charge on any atom is 0.217 e. The fourth-order valence-electron chi connectivity index (χ4n) is 1.65. The van der Waals surface area contributed by atoms with Gasteiger partial charge in [-0.3, -0.25) is 4.79 Å². The van der Waals surface area contributed by atoms with Gasteiger partial charge in [0, 0.05) is 24.4 Å². The highest BCUT2D eigenvalue weighted by atomic mass is 16.3. The molecule has 3 nitrogen and oxygen atoms in total. The molecule has 0 radical (unpaired) electrons. The monoisotopic (exact) mass is 203 g/mol. The minimum Gasteiger partial charge on any atom is -0.461 e. The molecule has 0 spiro atoms. The lowest BCUT2D eigenvalue weighted by Crippen LogP contribution is -2.19. The number of furan rings is 1. The zero-order chi connectivity index (χ0) is 10.8. The fraction of sp³-hybridized carbons (Fsp3) is 0.250. The topological polar surface area (TPSA) is 42.2 Å². The third kappa shape index (κ3) is 1.86. The first-order valence-electron chi connectivity index (χ1n) is 4.90. The Kier molecular flexibility index (Phi) is 2.46.